The first-order valence-corrected chi connectivity index (χ1v) is 25.6. The predicted molar refractivity (Wildman–Crippen MR) is 269 cm³/mol. The molecule has 0 fully saturated rings. The standard InChI is InChI=1S/C57H98O3/c1-4-7-10-13-16-19-22-25-28-31-34-37-40-43-46-49-52-58-55-57(60-54-51-48-45-42-39-36-33-30-27-24-21-18-15-12-9-6-3)56-59-53-50-47-44-41-38-35-32-29-26-23-20-17-14-11-8-5-2/h13-30,57H,4-12,31-56H2,1-3H3/b16-13+,17-14+,18-15+,22-19+,23-20+,24-21+,28-25-,29-26-,30-27-. The summed E-state index contributed by atoms with van der Waals surface area (Å²) in [4.78, 5) is 0. The predicted octanol–water partition coefficient (Wildman–Crippen LogP) is 18.2. The van der Waals surface area contributed by atoms with Crippen LogP contribution in [0.1, 0.15) is 213 Å². The van der Waals surface area contributed by atoms with E-state index >= 15 is 0 Å². The number of ether oxygens (including phenoxy) is 3. The zero-order valence-electron chi connectivity index (χ0n) is 39.9. The van der Waals surface area contributed by atoms with Crippen LogP contribution in [0.4, 0.5) is 0 Å². The maximum absolute atomic E-state index is 6.33. The average molecular weight is 831 g/mol. The molecule has 0 spiro atoms. The van der Waals surface area contributed by atoms with Crippen molar-refractivity contribution in [3.8, 4) is 0 Å². The highest BCUT2D eigenvalue weighted by molar-refractivity contribution is 5.12. The highest BCUT2D eigenvalue weighted by atomic mass is 16.6. The molecule has 0 bridgehead atoms. The molecule has 0 rings (SSSR count). The van der Waals surface area contributed by atoms with E-state index in [-0.39, 0.29) is 6.10 Å². The summed E-state index contributed by atoms with van der Waals surface area (Å²) in [6.07, 6.45) is 77.3. The molecule has 3 heteroatoms. The van der Waals surface area contributed by atoms with Crippen LogP contribution in [0, 0.1) is 0 Å². The summed E-state index contributed by atoms with van der Waals surface area (Å²) in [5, 5.41) is 0. The van der Waals surface area contributed by atoms with Crippen LogP contribution in [0.15, 0.2) is 109 Å². The van der Waals surface area contributed by atoms with E-state index in [0.717, 1.165) is 39.1 Å². The third-order valence-electron chi connectivity index (χ3n) is 10.5. The average Bonchev–Trinajstić information content (AvgIpc) is 3.26. The zero-order chi connectivity index (χ0) is 43.2. The fourth-order valence-electron chi connectivity index (χ4n) is 6.64. The first-order valence-electron chi connectivity index (χ1n) is 25.6. The smallest absolute Gasteiger partial charge is 0.104 e. The second-order valence-corrected chi connectivity index (χ2v) is 16.5. The maximum atomic E-state index is 6.33. The molecule has 0 aromatic rings. The van der Waals surface area contributed by atoms with Crippen LogP contribution in [-0.4, -0.2) is 39.1 Å². The molecule has 0 atom stereocenters. The molecular formula is C57H98O3. The number of rotatable bonds is 47. The van der Waals surface area contributed by atoms with Crippen molar-refractivity contribution in [3.05, 3.63) is 109 Å². The molecule has 0 saturated heterocycles. The Balaban J connectivity index is 4.17. The summed E-state index contributed by atoms with van der Waals surface area (Å²) in [5.74, 6) is 0. The van der Waals surface area contributed by atoms with E-state index in [1.54, 1.807) is 0 Å². The molecule has 0 aliphatic heterocycles. The molecule has 0 unspecified atom stereocenters. The van der Waals surface area contributed by atoms with E-state index in [9.17, 15) is 0 Å². The third kappa shape index (κ3) is 51.7. The summed E-state index contributed by atoms with van der Waals surface area (Å²) >= 11 is 0. The van der Waals surface area contributed by atoms with Gasteiger partial charge in [-0.15, -0.1) is 0 Å². The van der Waals surface area contributed by atoms with Gasteiger partial charge in [0, 0.05) is 19.8 Å². The zero-order valence-corrected chi connectivity index (χ0v) is 39.9. The summed E-state index contributed by atoms with van der Waals surface area (Å²) in [6, 6.07) is 0. The van der Waals surface area contributed by atoms with Gasteiger partial charge in [-0.3, -0.25) is 0 Å². The van der Waals surface area contributed by atoms with Crippen molar-refractivity contribution in [2.24, 2.45) is 0 Å². The first-order chi connectivity index (χ1) is 29.8. The van der Waals surface area contributed by atoms with Crippen LogP contribution in [0.25, 0.3) is 0 Å². The number of allylic oxidation sites excluding steroid dienone is 18. The molecule has 0 amide bonds. The Morgan fingerprint density at radius 3 is 0.817 bits per heavy atom. The Morgan fingerprint density at radius 1 is 0.267 bits per heavy atom. The number of unbranched alkanes of at least 4 members (excludes halogenated alkanes) is 24. The summed E-state index contributed by atoms with van der Waals surface area (Å²) in [5.41, 5.74) is 0. The summed E-state index contributed by atoms with van der Waals surface area (Å²) in [7, 11) is 0. The molecule has 0 aromatic heterocycles. The van der Waals surface area contributed by atoms with Gasteiger partial charge in [0.1, 0.15) is 6.10 Å². The van der Waals surface area contributed by atoms with E-state index in [4.69, 9.17) is 14.2 Å². The van der Waals surface area contributed by atoms with Crippen molar-refractivity contribution in [2.45, 2.75) is 219 Å². The Bertz CT molecular complexity index is 1030. The fourth-order valence-corrected chi connectivity index (χ4v) is 6.64. The van der Waals surface area contributed by atoms with Gasteiger partial charge in [-0.25, -0.2) is 0 Å². The first kappa shape index (κ1) is 57.5. The molecule has 0 saturated carbocycles. The molecule has 344 valence electrons. The van der Waals surface area contributed by atoms with Crippen LogP contribution in [0.5, 0.6) is 0 Å². The second kappa shape index (κ2) is 54.6. The third-order valence-corrected chi connectivity index (χ3v) is 10.5. The lowest BCUT2D eigenvalue weighted by Crippen LogP contribution is -2.26. The van der Waals surface area contributed by atoms with E-state index in [2.05, 4.69) is 130 Å². The van der Waals surface area contributed by atoms with Crippen LogP contribution in [0.2, 0.25) is 0 Å². The lowest BCUT2D eigenvalue weighted by Gasteiger charge is -2.18. The minimum absolute atomic E-state index is 0.0395. The molecule has 0 radical (unpaired) electrons. The van der Waals surface area contributed by atoms with Gasteiger partial charge in [0.2, 0.25) is 0 Å². The largest absolute Gasteiger partial charge is 0.379 e. The van der Waals surface area contributed by atoms with Gasteiger partial charge in [0.25, 0.3) is 0 Å². The van der Waals surface area contributed by atoms with Crippen molar-refractivity contribution in [3.63, 3.8) is 0 Å². The maximum Gasteiger partial charge on any atom is 0.104 e. The summed E-state index contributed by atoms with van der Waals surface area (Å²) < 4.78 is 18.6. The van der Waals surface area contributed by atoms with Crippen LogP contribution < -0.4 is 0 Å². The van der Waals surface area contributed by atoms with Gasteiger partial charge < -0.3 is 14.2 Å². The highest BCUT2D eigenvalue weighted by Crippen LogP contribution is 2.12. The van der Waals surface area contributed by atoms with Crippen molar-refractivity contribution >= 4 is 0 Å². The van der Waals surface area contributed by atoms with Crippen molar-refractivity contribution in [1.29, 1.82) is 0 Å². The van der Waals surface area contributed by atoms with E-state index < -0.39 is 0 Å². The molecule has 0 aromatic carbocycles. The number of hydrogen-bond acceptors (Lipinski definition) is 3. The minimum atomic E-state index is 0.0395. The van der Waals surface area contributed by atoms with Crippen LogP contribution in [0.3, 0.4) is 0 Å². The van der Waals surface area contributed by atoms with Gasteiger partial charge in [-0.1, -0.05) is 246 Å². The Kier molecular flexibility index (Phi) is 52.3. The molecule has 0 N–H and O–H groups in total. The lowest BCUT2D eigenvalue weighted by molar-refractivity contribution is -0.0616. The molecule has 3 nitrogen and oxygen atoms in total. The molecule has 0 aliphatic rings. The normalized spacial score (nSPS) is 13.0. The Labute approximate surface area is 374 Å². The van der Waals surface area contributed by atoms with E-state index in [1.807, 2.05) is 0 Å². The van der Waals surface area contributed by atoms with Gasteiger partial charge >= 0.3 is 0 Å². The number of hydrogen-bond donors (Lipinski definition) is 0. The van der Waals surface area contributed by atoms with Crippen molar-refractivity contribution in [2.75, 3.05) is 33.0 Å². The fraction of sp³-hybridized carbons (Fsp3) is 0.684. The molecule has 0 heterocycles. The van der Waals surface area contributed by atoms with Gasteiger partial charge in [-0.2, -0.15) is 0 Å². The Morgan fingerprint density at radius 2 is 0.517 bits per heavy atom. The van der Waals surface area contributed by atoms with Gasteiger partial charge in [0.05, 0.1) is 13.2 Å². The summed E-state index contributed by atoms with van der Waals surface area (Å²) in [6.45, 7) is 10.5. The minimum Gasteiger partial charge on any atom is -0.379 e. The molecule has 60 heavy (non-hydrogen) atoms. The van der Waals surface area contributed by atoms with Crippen molar-refractivity contribution in [1.82, 2.24) is 0 Å². The van der Waals surface area contributed by atoms with Crippen LogP contribution >= 0.6 is 0 Å². The van der Waals surface area contributed by atoms with Gasteiger partial charge in [0.15, 0.2) is 0 Å². The molecule has 0 aliphatic carbocycles. The topological polar surface area (TPSA) is 27.7 Å². The van der Waals surface area contributed by atoms with Crippen LogP contribution in [-0.2, 0) is 14.2 Å². The highest BCUT2D eigenvalue weighted by Gasteiger charge is 2.10. The van der Waals surface area contributed by atoms with Crippen molar-refractivity contribution < 1.29 is 14.2 Å². The van der Waals surface area contributed by atoms with E-state index in [0.29, 0.717) is 13.2 Å². The SMILES string of the molecule is CCCC/C=C/C=C/C=C\CCCCCCCCOCC(COCCCCCCCC\C=C/C=C/C=C/CCCC)OCCCCCCCC\C=C/C=C/C=C/CCCC. The quantitative estimate of drug-likeness (QED) is 0.0452. The van der Waals surface area contributed by atoms with Gasteiger partial charge in [-0.05, 0) is 77.0 Å². The Hall–Kier alpha value is -2.46. The second-order valence-electron chi connectivity index (χ2n) is 16.5. The monoisotopic (exact) mass is 831 g/mol. The van der Waals surface area contributed by atoms with E-state index in [1.165, 1.54) is 173 Å². The molecular weight excluding hydrogens is 733 g/mol. The lowest BCUT2D eigenvalue weighted by atomic mass is 10.1.